The summed E-state index contributed by atoms with van der Waals surface area (Å²) in [5, 5.41) is 11.2. The lowest BCUT2D eigenvalue weighted by Gasteiger charge is -2.32. The van der Waals surface area contributed by atoms with Crippen molar-refractivity contribution in [3.05, 3.63) is 125 Å². The second-order valence-corrected chi connectivity index (χ2v) is 12.7. The molecule has 258 valence electrons. The maximum atomic E-state index is 15.5. The zero-order chi connectivity index (χ0) is 35.2. The highest BCUT2D eigenvalue weighted by Crippen LogP contribution is 2.39. The van der Waals surface area contributed by atoms with Gasteiger partial charge in [-0.25, -0.2) is 8.78 Å². The summed E-state index contributed by atoms with van der Waals surface area (Å²) in [5.74, 6) is -0.882. The quantitative estimate of drug-likeness (QED) is 0.129. The molecule has 0 amide bonds. The SMILES string of the molecule is CCOC1=C(C(=O)Cc2ccc(Oc3ccnc4cc(-c5ccc(CN(C)CCOC)cn5)sc34)c(F)c2)C(O)N(c2ccc(F)cc2)C=C1. The van der Waals surface area contributed by atoms with Gasteiger partial charge in [-0.3, -0.25) is 19.7 Å². The van der Waals surface area contributed by atoms with Crippen LogP contribution in [0.1, 0.15) is 18.1 Å². The first kappa shape index (κ1) is 34.8. The van der Waals surface area contributed by atoms with Crippen molar-refractivity contribution in [1.82, 2.24) is 14.9 Å². The number of hydrogen-bond donors (Lipinski definition) is 1. The van der Waals surface area contributed by atoms with Gasteiger partial charge in [-0.1, -0.05) is 12.1 Å². The molecular weight excluding hydrogens is 663 g/mol. The number of halogens is 2. The Labute approximate surface area is 292 Å². The summed E-state index contributed by atoms with van der Waals surface area (Å²) < 4.78 is 46.6. The van der Waals surface area contributed by atoms with Gasteiger partial charge in [-0.2, -0.15) is 0 Å². The fourth-order valence-corrected chi connectivity index (χ4v) is 6.59. The number of pyridine rings is 2. The van der Waals surface area contributed by atoms with Crippen LogP contribution in [0.3, 0.4) is 0 Å². The number of aromatic nitrogens is 2. The van der Waals surface area contributed by atoms with Gasteiger partial charge in [0, 0.05) is 57.0 Å². The van der Waals surface area contributed by atoms with Gasteiger partial charge in [-0.05, 0) is 79.7 Å². The third-order valence-corrected chi connectivity index (χ3v) is 9.22. The van der Waals surface area contributed by atoms with Crippen LogP contribution in [0.5, 0.6) is 11.5 Å². The van der Waals surface area contributed by atoms with E-state index in [4.69, 9.17) is 14.2 Å². The van der Waals surface area contributed by atoms with Crippen molar-refractivity contribution in [2.45, 2.75) is 26.1 Å². The summed E-state index contributed by atoms with van der Waals surface area (Å²) in [6, 6.07) is 17.5. The highest BCUT2D eigenvalue weighted by molar-refractivity contribution is 7.22. The molecule has 1 N–H and O–H groups in total. The molecule has 2 aromatic carbocycles. The molecule has 1 atom stereocenters. The van der Waals surface area contributed by atoms with Crippen molar-refractivity contribution >= 4 is 33.0 Å². The number of nitrogens with zero attached hydrogens (tertiary/aromatic N) is 4. The molecule has 4 heterocycles. The zero-order valence-corrected chi connectivity index (χ0v) is 28.6. The van der Waals surface area contributed by atoms with E-state index in [0.29, 0.717) is 29.1 Å². The van der Waals surface area contributed by atoms with E-state index in [1.807, 2.05) is 31.4 Å². The van der Waals surface area contributed by atoms with E-state index in [1.165, 1.54) is 52.6 Å². The molecule has 1 aliphatic heterocycles. The number of thiophene rings is 1. The highest BCUT2D eigenvalue weighted by Gasteiger charge is 2.31. The number of rotatable bonds is 14. The Bertz CT molecular complexity index is 2030. The minimum absolute atomic E-state index is 0.0129. The number of ether oxygens (including phenoxy) is 3. The van der Waals surface area contributed by atoms with Gasteiger partial charge < -0.3 is 24.2 Å². The molecule has 0 spiro atoms. The van der Waals surface area contributed by atoms with Crippen LogP contribution in [0.2, 0.25) is 0 Å². The standard InChI is InChI=1S/C38H36F2N4O5S/c1-4-48-33-14-16-44(27-9-7-26(39)8-10-27)38(46)36(33)31(45)20-24-6-12-32(28(40)19-24)49-34-13-15-41-30-21-35(50-37(30)34)29-11-5-25(22-42-29)23-43(2)17-18-47-3/h5-16,19,21-22,38,46H,4,17-18,20,23H2,1-3H3. The monoisotopic (exact) mass is 698 g/mol. The third-order valence-electron chi connectivity index (χ3n) is 8.06. The number of hydrogen-bond acceptors (Lipinski definition) is 10. The summed E-state index contributed by atoms with van der Waals surface area (Å²) in [7, 11) is 3.72. The number of benzene rings is 2. The maximum absolute atomic E-state index is 15.5. The first-order chi connectivity index (χ1) is 24.2. The Hall–Kier alpha value is -5.01. The number of carbonyl (C=O) groups excluding carboxylic acids is 1. The van der Waals surface area contributed by atoms with Crippen LogP contribution in [0, 0.1) is 11.6 Å². The molecule has 0 radical (unpaired) electrons. The van der Waals surface area contributed by atoms with Crippen LogP contribution in [0.25, 0.3) is 20.8 Å². The van der Waals surface area contributed by atoms with Crippen molar-refractivity contribution in [2.24, 2.45) is 0 Å². The lowest BCUT2D eigenvalue weighted by molar-refractivity contribution is -0.116. The fraction of sp³-hybridized carbons (Fsp3) is 0.237. The van der Waals surface area contributed by atoms with Crippen LogP contribution in [0.15, 0.2) is 103 Å². The average Bonchev–Trinajstić information content (AvgIpc) is 3.55. The summed E-state index contributed by atoms with van der Waals surface area (Å²) in [4.78, 5) is 27.2. The van der Waals surface area contributed by atoms with E-state index >= 15 is 4.39 Å². The third kappa shape index (κ3) is 7.89. The molecule has 0 bridgehead atoms. The van der Waals surface area contributed by atoms with Gasteiger partial charge >= 0.3 is 0 Å². The molecule has 3 aromatic heterocycles. The predicted octanol–water partition coefficient (Wildman–Crippen LogP) is 7.26. The molecule has 12 heteroatoms. The molecule has 0 aliphatic carbocycles. The van der Waals surface area contributed by atoms with Gasteiger partial charge in [0.25, 0.3) is 0 Å². The van der Waals surface area contributed by atoms with Crippen molar-refractivity contribution < 1.29 is 32.9 Å². The normalized spacial score (nSPS) is 14.5. The van der Waals surface area contributed by atoms with Crippen LogP contribution in [0.4, 0.5) is 14.5 Å². The highest BCUT2D eigenvalue weighted by atomic mass is 32.1. The largest absolute Gasteiger partial charge is 0.493 e. The summed E-state index contributed by atoms with van der Waals surface area (Å²) in [6.07, 6.45) is 5.01. The number of methoxy groups -OCH3 is 1. The van der Waals surface area contributed by atoms with Crippen molar-refractivity contribution in [3.8, 4) is 22.1 Å². The molecular formula is C38H36F2N4O5S. The molecule has 6 rings (SSSR count). The molecule has 0 saturated heterocycles. The Morgan fingerprint density at radius 2 is 1.82 bits per heavy atom. The second-order valence-electron chi connectivity index (χ2n) is 11.7. The molecule has 9 nitrogen and oxygen atoms in total. The summed E-state index contributed by atoms with van der Waals surface area (Å²) >= 11 is 1.45. The lowest BCUT2D eigenvalue weighted by atomic mass is 9.98. The predicted molar refractivity (Wildman–Crippen MR) is 189 cm³/mol. The summed E-state index contributed by atoms with van der Waals surface area (Å²) in [6.45, 7) is 4.27. The topological polar surface area (TPSA) is 97.2 Å². The average molecular weight is 699 g/mol. The van der Waals surface area contributed by atoms with Crippen LogP contribution >= 0.6 is 11.3 Å². The number of fused-ring (bicyclic) bond motifs is 1. The number of aliphatic hydroxyl groups is 1. The van der Waals surface area contributed by atoms with Gasteiger partial charge in [0.05, 0.1) is 39.6 Å². The first-order valence-electron chi connectivity index (χ1n) is 16.0. The smallest absolute Gasteiger partial charge is 0.171 e. The summed E-state index contributed by atoms with van der Waals surface area (Å²) in [5.41, 5.74) is 3.47. The van der Waals surface area contributed by atoms with Crippen molar-refractivity contribution in [2.75, 3.05) is 38.8 Å². The van der Waals surface area contributed by atoms with E-state index in [0.717, 1.165) is 33.9 Å². The molecule has 50 heavy (non-hydrogen) atoms. The van der Waals surface area contributed by atoms with Crippen LogP contribution in [-0.2, 0) is 27.2 Å². The van der Waals surface area contributed by atoms with E-state index in [1.54, 1.807) is 44.6 Å². The Morgan fingerprint density at radius 3 is 2.54 bits per heavy atom. The number of aliphatic hydroxyl groups excluding tert-OH is 1. The number of ketones is 1. The molecule has 5 aromatic rings. The molecule has 1 unspecified atom stereocenters. The second kappa shape index (κ2) is 15.7. The maximum Gasteiger partial charge on any atom is 0.171 e. The van der Waals surface area contributed by atoms with Gasteiger partial charge in [0.15, 0.2) is 23.6 Å². The minimum Gasteiger partial charge on any atom is -0.493 e. The zero-order valence-electron chi connectivity index (χ0n) is 27.8. The number of Topliss-reactive ketones (excluding diaryl/α,β-unsaturated/α-hetero) is 1. The number of carbonyl (C=O) groups is 1. The Kier molecular flexibility index (Phi) is 10.9. The lowest BCUT2D eigenvalue weighted by Crippen LogP contribution is -2.38. The van der Waals surface area contributed by atoms with Crippen molar-refractivity contribution in [1.29, 1.82) is 0 Å². The minimum atomic E-state index is -1.39. The molecule has 0 fully saturated rings. The first-order valence-corrected chi connectivity index (χ1v) is 16.8. The van der Waals surface area contributed by atoms with Gasteiger partial charge in [0.1, 0.15) is 17.3 Å². The fourth-order valence-electron chi connectivity index (χ4n) is 5.55. The Balaban J connectivity index is 1.17. The molecule has 0 saturated carbocycles. The van der Waals surface area contributed by atoms with E-state index in [-0.39, 0.29) is 30.1 Å². The van der Waals surface area contributed by atoms with Gasteiger partial charge in [0.2, 0.25) is 0 Å². The number of allylic oxidation sites excluding steroid dienone is 1. The van der Waals surface area contributed by atoms with E-state index in [2.05, 4.69) is 14.9 Å². The number of likely N-dealkylation sites (N-methyl/N-ethyl adjacent to an activating group) is 1. The van der Waals surface area contributed by atoms with Crippen LogP contribution in [-0.4, -0.2) is 65.9 Å². The van der Waals surface area contributed by atoms with E-state index in [9.17, 15) is 14.3 Å². The Morgan fingerprint density at radius 1 is 1.02 bits per heavy atom. The molecule has 1 aliphatic rings. The van der Waals surface area contributed by atoms with E-state index < -0.39 is 23.6 Å². The van der Waals surface area contributed by atoms with Gasteiger partial charge in [-0.15, -0.1) is 11.3 Å². The van der Waals surface area contributed by atoms with Crippen LogP contribution < -0.4 is 9.64 Å². The number of anilines is 1. The van der Waals surface area contributed by atoms with Crippen molar-refractivity contribution in [3.63, 3.8) is 0 Å².